The van der Waals surface area contributed by atoms with Crippen molar-refractivity contribution >= 4 is 37.2 Å². The monoisotopic (exact) mass is 162 g/mol. The SMILES string of the molecule is CCCCP(=O)(O)O.[NaH]. The Balaban J connectivity index is 0. The van der Waals surface area contributed by atoms with E-state index in [4.69, 9.17) is 9.79 Å². The molecule has 0 amide bonds. The standard InChI is InChI=1S/C4H11O3P.Na.H/c1-2-3-4-8(5,6)7;;/h2-4H2,1H3,(H2,5,6,7);;. The molecule has 2 N–H and O–H groups in total. The zero-order valence-corrected chi connectivity index (χ0v) is 5.77. The first-order valence-electron chi connectivity index (χ1n) is 2.61. The molecule has 52 valence electrons. The molecule has 0 spiro atoms. The molecule has 0 fully saturated rings. The van der Waals surface area contributed by atoms with E-state index in [0.717, 1.165) is 6.42 Å². The fourth-order valence-corrected chi connectivity index (χ4v) is 1.09. The maximum absolute atomic E-state index is 10.1. The van der Waals surface area contributed by atoms with Gasteiger partial charge in [0.05, 0.1) is 0 Å². The summed E-state index contributed by atoms with van der Waals surface area (Å²) < 4.78 is 10.1. The molecule has 0 rings (SSSR count). The van der Waals surface area contributed by atoms with Crippen molar-refractivity contribution in [3.05, 3.63) is 0 Å². The zero-order chi connectivity index (χ0) is 6.62. The van der Waals surface area contributed by atoms with Gasteiger partial charge in [0.2, 0.25) is 0 Å². The van der Waals surface area contributed by atoms with Gasteiger partial charge in [-0.05, 0) is 6.42 Å². The number of unbranched alkanes of at least 4 members (excludes halogenated alkanes) is 1. The average molecular weight is 162 g/mol. The summed E-state index contributed by atoms with van der Waals surface area (Å²) in [7, 11) is -3.68. The van der Waals surface area contributed by atoms with Crippen LogP contribution in [0.15, 0.2) is 0 Å². The Morgan fingerprint density at radius 2 is 1.89 bits per heavy atom. The van der Waals surface area contributed by atoms with E-state index in [1.807, 2.05) is 6.92 Å². The first-order valence-corrected chi connectivity index (χ1v) is 4.40. The second-order valence-electron chi connectivity index (χ2n) is 1.74. The molecule has 0 aliphatic carbocycles. The molecule has 0 bridgehead atoms. The molecule has 0 unspecified atom stereocenters. The van der Waals surface area contributed by atoms with Crippen molar-refractivity contribution in [3.63, 3.8) is 0 Å². The Hall–Kier alpha value is 1.15. The third kappa shape index (κ3) is 12.4. The molecule has 0 aliphatic heterocycles. The van der Waals surface area contributed by atoms with E-state index in [9.17, 15) is 4.57 Å². The molecule has 0 aliphatic rings. The Morgan fingerprint density at radius 1 is 1.44 bits per heavy atom. The second kappa shape index (κ2) is 5.90. The summed E-state index contributed by atoms with van der Waals surface area (Å²) in [4.78, 5) is 16.5. The van der Waals surface area contributed by atoms with Crippen molar-refractivity contribution in [2.24, 2.45) is 0 Å². The zero-order valence-electron chi connectivity index (χ0n) is 4.87. The van der Waals surface area contributed by atoms with Crippen LogP contribution in [0.5, 0.6) is 0 Å². The molecule has 5 heteroatoms. The van der Waals surface area contributed by atoms with E-state index in [2.05, 4.69) is 0 Å². The third-order valence-corrected chi connectivity index (χ3v) is 1.70. The van der Waals surface area contributed by atoms with E-state index >= 15 is 0 Å². The van der Waals surface area contributed by atoms with Crippen LogP contribution in [0.2, 0.25) is 0 Å². The van der Waals surface area contributed by atoms with E-state index in [1.165, 1.54) is 0 Å². The predicted molar refractivity (Wildman–Crippen MR) is 39.0 cm³/mol. The van der Waals surface area contributed by atoms with Crippen molar-refractivity contribution in [1.29, 1.82) is 0 Å². The molecule has 9 heavy (non-hydrogen) atoms. The minimum atomic E-state index is -3.68. The molecular weight excluding hydrogens is 150 g/mol. The average Bonchev–Trinajstić information content (AvgIpc) is 1.59. The molecular formula is C4H12NaO3P. The first kappa shape index (κ1) is 12.8. The molecule has 0 aromatic carbocycles. The maximum atomic E-state index is 10.1. The molecule has 0 saturated heterocycles. The predicted octanol–water partition coefficient (Wildman–Crippen LogP) is 0.316. The van der Waals surface area contributed by atoms with Crippen LogP contribution in [0.1, 0.15) is 19.8 Å². The van der Waals surface area contributed by atoms with Gasteiger partial charge < -0.3 is 9.79 Å². The van der Waals surface area contributed by atoms with Crippen LogP contribution in [-0.2, 0) is 4.57 Å². The summed E-state index contributed by atoms with van der Waals surface area (Å²) >= 11 is 0. The second-order valence-corrected chi connectivity index (χ2v) is 3.52. The number of hydrogen-bond donors (Lipinski definition) is 2. The Morgan fingerprint density at radius 3 is 2.00 bits per heavy atom. The fraction of sp³-hybridized carbons (Fsp3) is 1.00. The van der Waals surface area contributed by atoms with Crippen molar-refractivity contribution in [3.8, 4) is 0 Å². The minimum absolute atomic E-state index is 0. The quantitative estimate of drug-likeness (QED) is 0.464. The van der Waals surface area contributed by atoms with Gasteiger partial charge in [0.15, 0.2) is 0 Å². The topological polar surface area (TPSA) is 57.5 Å². The van der Waals surface area contributed by atoms with Crippen molar-refractivity contribution in [1.82, 2.24) is 0 Å². The van der Waals surface area contributed by atoms with Crippen LogP contribution in [0.3, 0.4) is 0 Å². The van der Waals surface area contributed by atoms with Crippen LogP contribution in [0.25, 0.3) is 0 Å². The van der Waals surface area contributed by atoms with Crippen LogP contribution in [0.4, 0.5) is 0 Å². The van der Waals surface area contributed by atoms with E-state index in [-0.39, 0.29) is 35.7 Å². The van der Waals surface area contributed by atoms with Gasteiger partial charge in [-0.25, -0.2) is 0 Å². The summed E-state index contributed by atoms with van der Waals surface area (Å²) in [6.45, 7) is 1.90. The first-order chi connectivity index (χ1) is 3.56. The number of rotatable bonds is 3. The van der Waals surface area contributed by atoms with Crippen molar-refractivity contribution in [2.45, 2.75) is 19.8 Å². The number of hydrogen-bond acceptors (Lipinski definition) is 1. The summed E-state index contributed by atoms with van der Waals surface area (Å²) in [5.74, 6) is 0. The van der Waals surface area contributed by atoms with Crippen LogP contribution in [0, 0.1) is 0 Å². The molecule has 0 heterocycles. The summed E-state index contributed by atoms with van der Waals surface area (Å²) in [6.07, 6.45) is 1.49. The van der Waals surface area contributed by atoms with E-state index in [1.54, 1.807) is 0 Å². The molecule has 0 aromatic heterocycles. The summed E-state index contributed by atoms with van der Waals surface area (Å²) in [6, 6.07) is 0. The van der Waals surface area contributed by atoms with Gasteiger partial charge in [-0.15, -0.1) is 0 Å². The van der Waals surface area contributed by atoms with E-state index < -0.39 is 7.60 Å². The van der Waals surface area contributed by atoms with Gasteiger partial charge in [-0.3, -0.25) is 4.57 Å². The van der Waals surface area contributed by atoms with Crippen molar-refractivity contribution < 1.29 is 14.4 Å². The summed E-state index contributed by atoms with van der Waals surface area (Å²) in [5, 5.41) is 0. The molecule has 0 aromatic rings. The molecule has 0 saturated carbocycles. The molecule has 3 nitrogen and oxygen atoms in total. The normalized spacial score (nSPS) is 10.6. The van der Waals surface area contributed by atoms with Crippen LogP contribution >= 0.6 is 7.60 Å². The Labute approximate surface area is 77.3 Å². The Kier molecular flexibility index (Phi) is 8.39. The molecule has 0 radical (unpaired) electrons. The van der Waals surface area contributed by atoms with Gasteiger partial charge in [-0.1, -0.05) is 13.3 Å². The van der Waals surface area contributed by atoms with Gasteiger partial charge in [0.25, 0.3) is 0 Å². The third-order valence-electron chi connectivity index (χ3n) is 0.803. The Bertz CT molecular complexity index is 100.0. The van der Waals surface area contributed by atoms with Gasteiger partial charge in [0, 0.05) is 6.16 Å². The van der Waals surface area contributed by atoms with Crippen LogP contribution < -0.4 is 0 Å². The van der Waals surface area contributed by atoms with Gasteiger partial charge >= 0.3 is 37.2 Å². The summed E-state index contributed by atoms with van der Waals surface area (Å²) in [5.41, 5.74) is 0. The van der Waals surface area contributed by atoms with Gasteiger partial charge in [-0.2, -0.15) is 0 Å². The van der Waals surface area contributed by atoms with E-state index in [0.29, 0.717) is 6.42 Å². The van der Waals surface area contributed by atoms with Gasteiger partial charge in [0.1, 0.15) is 0 Å². The van der Waals surface area contributed by atoms with Crippen molar-refractivity contribution in [2.75, 3.05) is 6.16 Å². The van der Waals surface area contributed by atoms with Crippen LogP contribution in [-0.4, -0.2) is 45.5 Å². The fourth-order valence-electron chi connectivity index (χ4n) is 0.364. The molecule has 0 atom stereocenters.